The Morgan fingerprint density at radius 2 is 0.857 bits per heavy atom. The zero-order valence-electron chi connectivity index (χ0n) is 14.1. The molecule has 0 aliphatic heterocycles. The number of carboxylic acids is 2. The van der Waals surface area contributed by atoms with Crippen molar-refractivity contribution >= 4 is 11.9 Å². The van der Waals surface area contributed by atoms with Gasteiger partial charge in [0.05, 0.1) is 0 Å². The summed E-state index contributed by atoms with van der Waals surface area (Å²) in [7, 11) is 0. The van der Waals surface area contributed by atoms with Crippen LogP contribution in [0, 0.1) is 0 Å². The zero-order chi connectivity index (χ0) is 14.2. The number of hydrogen-bond donors (Lipinski definition) is 3. The third-order valence-electron chi connectivity index (χ3n) is 2.26. The van der Waals surface area contributed by atoms with Crippen LogP contribution in [0.25, 0.3) is 0 Å². The van der Waals surface area contributed by atoms with Gasteiger partial charge in [0.15, 0.2) is 0 Å². The van der Waals surface area contributed by atoms with E-state index in [9.17, 15) is 19.8 Å². The number of rotatable bonds is 10. The maximum atomic E-state index is 10.1. The fraction of sp³-hybridized carbons (Fsp3) is 0.846. The molecule has 0 aliphatic rings. The standard InChI is InChI=1S/C11H20O4.C2H5O.3H3N/c12-10(13)8-6-4-2-1-3-5-7-9-11(14)15;1-2-3;;;/h1-9H2,(H,12,13)(H,14,15);2H2,1H3;3*1H3/q;-1;;;/p+1. The highest BCUT2D eigenvalue weighted by molar-refractivity contribution is 5.64. The molecule has 0 spiro atoms. The van der Waals surface area contributed by atoms with Gasteiger partial charge in [-0.1, -0.05) is 39.0 Å². The molecule has 0 aromatic heterocycles. The van der Waals surface area contributed by atoms with E-state index in [0.717, 1.165) is 32.1 Å². The third-order valence-corrected chi connectivity index (χ3v) is 2.26. The molecule has 8 nitrogen and oxygen atoms in total. The Bertz CT molecular complexity index is 196. The van der Waals surface area contributed by atoms with Crippen molar-refractivity contribution in [2.45, 2.75) is 64.7 Å². The molecule has 0 fully saturated rings. The average Bonchev–Trinajstić information content (AvgIpc) is 2.27. The largest absolute Gasteiger partial charge is 0.855 e. The maximum absolute atomic E-state index is 10.1. The van der Waals surface area contributed by atoms with Crippen LogP contribution in [0.4, 0.5) is 0 Å². The maximum Gasteiger partial charge on any atom is 0.0414 e. The summed E-state index contributed by atoms with van der Waals surface area (Å²) in [5, 5.41) is 29.1. The number of carbonyl (C=O) groups excluding carboxylic acids is 2. The summed E-state index contributed by atoms with van der Waals surface area (Å²) in [6.07, 6.45) is 6.54. The van der Waals surface area contributed by atoms with Crippen molar-refractivity contribution in [3.05, 3.63) is 0 Å². The molecule has 0 unspecified atom stereocenters. The topological polar surface area (TPSA) is 213 Å². The Morgan fingerprint density at radius 3 is 1.05 bits per heavy atom. The average molecular weight is 313 g/mol. The minimum absolute atomic E-state index is 0. The smallest absolute Gasteiger partial charge is 0.0414 e. The molecule has 0 amide bonds. The molecule has 0 saturated carbocycles. The quantitative estimate of drug-likeness (QED) is 0.489. The Morgan fingerprint density at radius 1 is 0.667 bits per heavy atom. The lowest BCUT2D eigenvalue weighted by atomic mass is 10.1. The predicted octanol–water partition coefficient (Wildman–Crippen LogP) is 0.492. The number of carbonyl (C=O) groups is 2. The molecular formula is C13H35N3O5. The van der Waals surface area contributed by atoms with Crippen molar-refractivity contribution in [1.29, 1.82) is 0 Å². The zero-order valence-corrected chi connectivity index (χ0v) is 14.1. The summed E-state index contributed by atoms with van der Waals surface area (Å²) >= 11 is 0. The second-order valence-electron chi connectivity index (χ2n) is 4.01. The van der Waals surface area contributed by atoms with Crippen LogP contribution in [-0.4, -0.2) is 18.5 Å². The Hall–Kier alpha value is -1.22. The van der Waals surface area contributed by atoms with Crippen LogP contribution in [0.1, 0.15) is 64.7 Å². The summed E-state index contributed by atoms with van der Waals surface area (Å²) < 4.78 is 0. The van der Waals surface area contributed by atoms with E-state index in [4.69, 9.17) is 5.11 Å². The fourth-order valence-corrected chi connectivity index (χ4v) is 1.42. The van der Waals surface area contributed by atoms with Crippen molar-refractivity contribution in [3.63, 3.8) is 0 Å². The van der Waals surface area contributed by atoms with E-state index in [1.54, 1.807) is 6.92 Å². The molecule has 8 heteroatoms. The van der Waals surface area contributed by atoms with Gasteiger partial charge < -0.3 is 43.4 Å². The fourth-order valence-electron chi connectivity index (χ4n) is 1.42. The first kappa shape index (κ1) is 31.9. The second kappa shape index (κ2) is 27.2. The van der Waals surface area contributed by atoms with E-state index in [1.807, 2.05) is 0 Å². The molecule has 132 valence electrons. The third kappa shape index (κ3) is 45.5. The summed E-state index contributed by atoms with van der Waals surface area (Å²) in [6, 6.07) is 0. The van der Waals surface area contributed by atoms with Gasteiger partial charge in [0.1, 0.15) is 0 Å². The lowest BCUT2D eigenvalue weighted by molar-refractivity contribution is -0.361. The molecule has 0 aromatic rings. The molecule has 0 heterocycles. The molecule has 21 heavy (non-hydrogen) atoms. The van der Waals surface area contributed by atoms with E-state index in [0.29, 0.717) is 12.8 Å². The SMILES string of the molecule is CC[O-].O=C([O-])CCCCCCCCCC(=O)[O-].[NH4+].[NH4+].[NH4+]. The van der Waals surface area contributed by atoms with Crippen molar-refractivity contribution in [1.82, 2.24) is 18.5 Å². The minimum Gasteiger partial charge on any atom is -0.855 e. The summed E-state index contributed by atoms with van der Waals surface area (Å²) in [6.45, 7) is 1.57. The summed E-state index contributed by atoms with van der Waals surface area (Å²) in [5.41, 5.74) is 0. The molecule has 12 N–H and O–H groups in total. The normalized spacial score (nSPS) is 8.10. The highest BCUT2D eigenvalue weighted by Crippen LogP contribution is 2.09. The van der Waals surface area contributed by atoms with Crippen LogP contribution in [0.15, 0.2) is 0 Å². The van der Waals surface area contributed by atoms with Crippen molar-refractivity contribution in [2.24, 2.45) is 0 Å². The number of hydrogen-bond acceptors (Lipinski definition) is 5. The van der Waals surface area contributed by atoms with Gasteiger partial charge in [0, 0.05) is 11.9 Å². The molecule has 0 radical (unpaired) electrons. The van der Waals surface area contributed by atoms with Crippen LogP contribution >= 0.6 is 0 Å². The van der Waals surface area contributed by atoms with Crippen molar-refractivity contribution in [2.75, 3.05) is 6.61 Å². The highest BCUT2D eigenvalue weighted by Gasteiger charge is 1.93. The van der Waals surface area contributed by atoms with Crippen LogP contribution in [-0.2, 0) is 9.59 Å². The predicted molar refractivity (Wildman–Crippen MR) is 80.1 cm³/mol. The van der Waals surface area contributed by atoms with Gasteiger partial charge in [-0.15, -0.1) is 6.61 Å². The van der Waals surface area contributed by atoms with E-state index >= 15 is 0 Å². The van der Waals surface area contributed by atoms with Gasteiger partial charge in [0.25, 0.3) is 0 Å². The van der Waals surface area contributed by atoms with Crippen LogP contribution in [0.5, 0.6) is 0 Å². The van der Waals surface area contributed by atoms with E-state index in [2.05, 4.69) is 0 Å². The van der Waals surface area contributed by atoms with E-state index in [-0.39, 0.29) is 37.9 Å². The van der Waals surface area contributed by atoms with Gasteiger partial charge in [-0.2, -0.15) is 0 Å². The Kier molecular flexibility index (Phi) is 41.3. The van der Waals surface area contributed by atoms with E-state index in [1.165, 1.54) is 0 Å². The molecule has 0 saturated heterocycles. The molecular weight excluding hydrogens is 278 g/mol. The number of quaternary nitrogens is 3. The first-order chi connectivity index (χ1) is 8.54. The van der Waals surface area contributed by atoms with Gasteiger partial charge in [-0.05, 0) is 25.7 Å². The van der Waals surface area contributed by atoms with E-state index < -0.39 is 11.9 Å². The van der Waals surface area contributed by atoms with Crippen LogP contribution in [0.2, 0.25) is 0 Å². The second-order valence-corrected chi connectivity index (χ2v) is 4.01. The molecule has 0 atom stereocenters. The number of unbranched alkanes of at least 4 members (excludes halogenated alkanes) is 6. The lowest BCUT2D eigenvalue weighted by Gasteiger charge is -2.03. The Balaban J connectivity index is -0.000000130. The molecule has 0 aromatic carbocycles. The summed E-state index contributed by atoms with van der Waals surface area (Å²) in [4.78, 5) is 20.1. The van der Waals surface area contributed by atoms with Crippen LogP contribution < -0.4 is 33.8 Å². The summed E-state index contributed by atoms with van der Waals surface area (Å²) in [5.74, 6) is -1.96. The molecule has 0 aliphatic carbocycles. The molecule has 0 bridgehead atoms. The van der Waals surface area contributed by atoms with Crippen LogP contribution in [0.3, 0.4) is 0 Å². The first-order valence-electron chi connectivity index (χ1n) is 6.52. The Labute approximate surface area is 127 Å². The van der Waals surface area contributed by atoms with Gasteiger partial charge in [-0.25, -0.2) is 0 Å². The van der Waals surface area contributed by atoms with Gasteiger partial charge in [0.2, 0.25) is 0 Å². The monoisotopic (exact) mass is 313 g/mol. The van der Waals surface area contributed by atoms with Crippen molar-refractivity contribution < 1.29 is 24.9 Å². The molecule has 0 rings (SSSR count). The number of carboxylic acid groups (broad SMARTS) is 2. The first-order valence-corrected chi connectivity index (χ1v) is 6.52. The number of aliphatic carboxylic acids is 2. The lowest BCUT2D eigenvalue weighted by Crippen LogP contribution is -2.21. The van der Waals surface area contributed by atoms with Gasteiger partial charge in [-0.3, -0.25) is 0 Å². The van der Waals surface area contributed by atoms with Crippen molar-refractivity contribution in [3.8, 4) is 0 Å². The minimum atomic E-state index is -0.982. The van der Waals surface area contributed by atoms with Gasteiger partial charge >= 0.3 is 0 Å². The highest BCUT2D eigenvalue weighted by atomic mass is 16.4.